The number of para-hydroxylation sites is 3. The standard InChI is InChI=1S/C35H25N3O/c1-36-33(35-34(37-2)29-17-5-8-20-32(29)39-35)25-13-9-11-23(21-25)24-12-10-14-26(22-24)38-30-18-6-3-15-27(30)28-16-4-7-19-31(28)38/h3-22H,1H2,2H3/b35-33+,37-34?. The second kappa shape index (κ2) is 9.26. The Morgan fingerprint density at radius 1 is 0.692 bits per heavy atom. The molecule has 0 bridgehead atoms. The number of fused-ring (bicyclic) bond motifs is 4. The summed E-state index contributed by atoms with van der Waals surface area (Å²) in [4.78, 5) is 8.92. The number of aromatic nitrogens is 1. The first kappa shape index (κ1) is 22.9. The van der Waals surface area contributed by atoms with Crippen LogP contribution >= 0.6 is 0 Å². The maximum atomic E-state index is 6.23. The quantitative estimate of drug-likeness (QED) is 0.223. The Kier molecular flexibility index (Phi) is 5.45. The maximum Gasteiger partial charge on any atom is 0.179 e. The van der Waals surface area contributed by atoms with Gasteiger partial charge in [-0.2, -0.15) is 0 Å². The Labute approximate surface area is 226 Å². The highest BCUT2D eigenvalue weighted by Gasteiger charge is 2.28. The van der Waals surface area contributed by atoms with Gasteiger partial charge in [-0.1, -0.05) is 78.9 Å². The lowest BCUT2D eigenvalue weighted by molar-refractivity contribution is 0.470. The number of aliphatic imine (C=N–C) groups is 2. The number of hydrogen-bond acceptors (Lipinski definition) is 3. The molecule has 1 aromatic heterocycles. The highest BCUT2D eigenvalue weighted by molar-refractivity contribution is 6.19. The minimum Gasteiger partial charge on any atom is -0.452 e. The van der Waals surface area contributed by atoms with Crippen molar-refractivity contribution in [1.82, 2.24) is 4.57 Å². The number of allylic oxidation sites excluding steroid dienone is 1. The van der Waals surface area contributed by atoms with E-state index in [0.717, 1.165) is 39.4 Å². The summed E-state index contributed by atoms with van der Waals surface area (Å²) in [7, 11) is 1.78. The lowest BCUT2D eigenvalue weighted by atomic mass is 9.99. The molecule has 0 unspecified atom stereocenters. The Balaban J connectivity index is 1.35. The lowest BCUT2D eigenvalue weighted by Crippen LogP contribution is -2.04. The topological polar surface area (TPSA) is 38.9 Å². The molecule has 186 valence electrons. The molecule has 0 atom stereocenters. The molecule has 1 aliphatic heterocycles. The number of benzene rings is 5. The maximum absolute atomic E-state index is 6.23. The average Bonchev–Trinajstić information content (AvgIpc) is 3.53. The molecule has 0 N–H and O–H groups in total. The van der Waals surface area contributed by atoms with E-state index in [2.05, 4.69) is 106 Å². The monoisotopic (exact) mass is 503 g/mol. The third-order valence-corrected chi connectivity index (χ3v) is 7.32. The van der Waals surface area contributed by atoms with Crippen LogP contribution in [0.3, 0.4) is 0 Å². The molecule has 4 heteroatoms. The third-order valence-electron chi connectivity index (χ3n) is 7.32. The van der Waals surface area contributed by atoms with E-state index >= 15 is 0 Å². The van der Waals surface area contributed by atoms with Gasteiger partial charge in [-0.3, -0.25) is 9.98 Å². The summed E-state index contributed by atoms with van der Waals surface area (Å²) in [5.41, 5.74) is 9.05. The Hall–Kier alpha value is -5.22. The fourth-order valence-corrected chi connectivity index (χ4v) is 5.58. The van der Waals surface area contributed by atoms with Gasteiger partial charge in [-0.25, -0.2) is 0 Å². The van der Waals surface area contributed by atoms with E-state index in [0.29, 0.717) is 11.5 Å². The Morgan fingerprint density at radius 3 is 2.05 bits per heavy atom. The second-order valence-corrected chi connectivity index (χ2v) is 9.51. The first-order valence-electron chi connectivity index (χ1n) is 12.9. The van der Waals surface area contributed by atoms with Crippen LogP contribution in [0.1, 0.15) is 11.1 Å². The minimum absolute atomic E-state index is 0.630. The van der Waals surface area contributed by atoms with E-state index in [1.54, 1.807) is 7.05 Å². The molecule has 2 heterocycles. The second-order valence-electron chi connectivity index (χ2n) is 9.51. The van der Waals surface area contributed by atoms with Crippen LogP contribution in [-0.4, -0.2) is 24.0 Å². The molecule has 7 rings (SSSR count). The molecule has 1 aliphatic rings. The van der Waals surface area contributed by atoms with Gasteiger partial charge in [0.2, 0.25) is 0 Å². The van der Waals surface area contributed by atoms with E-state index in [-0.39, 0.29) is 0 Å². The molecule has 5 aromatic carbocycles. The Bertz CT molecular complexity index is 1920. The van der Waals surface area contributed by atoms with E-state index in [4.69, 9.17) is 4.74 Å². The first-order valence-corrected chi connectivity index (χ1v) is 12.9. The fourth-order valence-electron chi connectivity index (χ4n) is 5.58. The number of hydrogen-bond donors (Lipinski definition) is 0. The fraction of sp³-hybridized carbons (Fsp3) is 0.0286. The SMILES string of the molecule is C=N/C(=C1/Oc2ccccc2C1=NC)c1cccc(-c2cccc(-n3c4ccccc4c4ccccc43)c2)c1. The largest absolute Gasteiger partial charge is 0.452 e. The summed E-state index contributed by atoms with van der Waals surface area (Å²) in [5, 5.41) is 2.50. The smallest absolute Gasteiger partial charge is 0.179 e. The van der Waals surface area contributed by atoms with E-state index in [1.807, 2.05) is 36.4 Å². The molecule has 6 aromatic rings. The summed E-state index contributed by atoms with van der Waals surface area (Å²) < 4.78 is 8.56. The van der Waals surface area contributed by atoms with E-state index < -0.39 is 0 Å². The summed E-state index contributed by atoms with van der Waals surface area (Å²) in [6.07, 6.45) is 0. The molecule has 0 radical (unpaired) electrons. The van der Waals surface area contributed by atoms with E-state index in [1.165, 1.54) is 21.8 Å². The Morgan fingerprint density at radius 2 is 1.33 bits per heavy atom. The highest BCUT2D eigenvalue weighted by Crippen LogP contribution is 2.37. The van der Waals surface area contributed by atoms with Crippen molar-refractivity contribution < 1.29 is 4.74 Å². The van der Waals surface area contributed by atoms with Gasteiger partial charge >= 0.3 is 0 Å². The summed E-state index contributed by atoms with van der Waals surface area (Å²) in [6.45, 7) is 3.88. The molecule has 0 aliphatic carbocycles. The van der Waals surface area contributed by atoms with Crippen molar-refractivity contribution in [1.29, 1.82) is 0 Å². The predicted octanol–water partition coefficient (Wildman–Crippen LogP) is 8.33. The van der Waals surface area contributed by atoms with Gasteiger partial charge < -0.3 is 9.30 Å². The summed E-state index contributed by atoms with van der Waals surface area (Å²) in [6, 6.07) is 42.1. The molecule has 0 spiro atoms. The van der Waals surface area contributed by atoms with Crippen LogP contribution in [0.2, 0.25) is 0 Å². The van der Waals surface area contributed by atoms with Gasteiger partial charge in [-0.15, -0.1) is 0 Å². The average molecular weight is 504 g/mol. The minimum atomic E-state index is 0.630. The van der Waals surface area contributed by atoms with E-state index in [9.17, 15) is 0 Å². The zero-order chi connectivity index (χ0) is 26.3. The number of ether oxygens (including phenoxy) is 1. The molecule has 0 fully saturated rings. The summed E-state index contributed by atoms with van der Waals surface area (Å²) >= 11 is 0. The van der Waals surface area contributed by atoms with Crippen molar-refractivity contribution in [2.75, 3.05) is 7.05 Å². The summed E-state index contributed by atoms with van der Waals surface area (Å²) in [5.74, 6) is 1.41. The van der Waals surface area contributed by atoms with Crippen LogP contribution in [0.25, 0.3) is 44.3 Å². The number of rotatable bonds is 4. The van der Waals surface area contributed by atoms with Crippen LogP contribution < -0.4 is 4.74 Å². The van der Waals surface area contributed by atoms with Crippen molar-refractivity contribution in [2.24, 2.45) is 9.98 Å². The molecule has 0 amide bonds. The van der Waals surface area contributed by atoms with Crippen LogP contribution in [0.15, 0.2) is 137 Å². The molecule has 39 heavy (non-hydrogen) atoms. The molecular formula is C35H25N3O. The molecular weight excluding hydrogens is 478 g/mol. The van der Waals surface area contributed by atoms with Gasteiger partial charge in [0.1, 0.15) is 17.2 Å². The molecule has 0 saturated heterocycles. The molecule has 4 nitrogen and oxygen atoms in total. The zero-order valence-electron chi connectivity index (χ0n) is 21.5. The number of nitrogens with zero attached hydrogens (tertiary/aromatic N) is 3. The van der Waals surface area contributed by atoms with Crippen LogP contribution in [0.5, 0.6) is 5.75 Å². The van der Waals surface area contributed by atoms with Gasteiger partial charge in [-0.05, 0) is 60.3 Å². The van der Waals surface area contributed by atoms with Gasteiger partial charge in [0.25, 0.3) is 0 Å². The van der Waals surface area contributed by atoms with Gasteiger partial charge in [0, 0.05) is 34.6 Å². The zero-order valence-corrected chi connectivity index (χ0v) is 21.5. The van der Waals surface area contributed by atoms with Crippen molar-refractivity contribution in [3.05, 3.63) is 138 Å². The van der Waals surface area contributed by atoms with Crippen LogP contribution in [0.4, 0.5) is 0 Å². The first-order chi connectivity index (χ1) is 19.3. The van der Waals surface area contributed by atoms with Gasteiger partial charge in [0.05, 0.1) is 11.0 Å². The molecule has 0 saturated carbocycles. The van der Waals surface area contributed by atoms with Crippen LogP contribution in [-0.2, 0) is 0 Å². The van der Waals surface area contributed by atoms with Crippen molar-refractivity contribution in [2.45, 2.75) is 0 Å². The predicted molar refractivity (Wildman–Crippen MR) is 162 cm³/mol. The van der Waals surface area contributed by atoms with Gasteiger partial charge in [0.15, 0.2) is 5.76 Å². The highest BCUT2D eigenvalue weighted by atomic mass is 16.5. The lowest BCUT2D eigenvalue weighted by Gasteiger charge is -2.12. The normalized spacial score (nSPS) is 14.9. The van der Waals surface area contributed by atoms with Crippen LogP contribution in [0, 0.1) is 0 Å². The van der Waals surface area contributed by atoms with Crippen molar-refractivity contribution in [3.8, 4) is 22.6 Å². The van der Waals surface area contributed by atoms with Crippen molar-refractivity contribution in [3.63, 3.8) is 0 Å². The third kappa shape index (κ3) is 3.69. The van der Waals surface area contributed by atoms with Crippen molar-refractivity contribution >= 4 is 39.9 Å².